The van der Waals surface area contributed by atoms with E-state index in [4.69, 9.17) is 24.5 Å². The summed E-state index contributed by atoms with van der Waals surface area (Å²) in [6.45, 7) is 2.20. The van der Waals surface area contributed by atoms with Gasteiger partial charge in [0.25, 0.3) is 0 Å². The van der Waals surface area contributed by atoms with Crippen molar-refractivity contribution < 1.29 is 38.8 Å². The van der Waals surface area contributed by atoms with Gasteiger partial charge in [0.15, 0.2) is 0 Å². The second-order valence-electron chi connectivity index (χ2n) is 4.27. The molecule has 0 unspecified atom stereocenters. The highest BCUT2D eigenvalue weighted by Gasteiger charge is 2.18. The van der Waals surface area contributed by atoms with E-state index >= 15 is 0 Å². The second-order valence-corrected chi connectivity index (χ2v) is 4.27. The van der Waals surface area contributed by atoms with E-state index in [0.29, 0.717) is 18.1 Å². The molecule has 0 aliphatic heterocycles. The van der Waals surface area contributed by atoms with Crippen LogP contribution >= 0.6 is 0 Å². The van der Waals surface area contributed by atoms with Gasteiger partial charge < -0.3 is 24.4 Å². The van der Waals surface area contributed by atoms with E-state index in [1.165, 1.54) is 6.07 Å². The van der Waals surface area contributed by atoms with Crippen molar-refractivity contribution in [2.24, 2.45) is 0 Å². The molecule has 2 N–H and O–H groups in total. The molecule has 0 heterocycles. The van der Waals surface area contributed by atoms with Crippen molar-refractivity contribution in [1.29, 1.82) is 0 Å². The van der Waals surface area contributed by atoms with Crippen molar-refractivity contribution in [3.8, 4) is 11.5 Å². The minimum atomic E-state index is -1.83. The Kier molecular flexibility index (Phi) is 8.01. The molecule has 2 aromatic carbocycles. The van der Waals surface area contributed by atoms with E-state index in [9.17, 15) is 9.59 Å². The zero-order chi connectivity index (χ0) is 18.7. The van der Waals surface area contributed by atoms with E-state index in [2.05, 4.69) is 4.74 Å². The number of hydrogen-bond acceptors (Lipinski definition) is 6. The van der Waals surface area contributed by atoms with Crippen LogP contribution in [0, 0.1) is 0 Å². The van der Waals surface area contributed by atoms with Crippen LogP contribution < -0.4 is 9.47 Å². The molecular weight excluding hydrogens is 332 g/mol. The molecule has 0 fully saturated rings. The molecule has 0 aliphatic rings. The maximum atomic E-state index is 11.9. The molecule has 0 amide bonds. The molecule has 0 radical (unpaired) electrons. The Labute approximate surface area is 143 Å². The maximum Gasteiger partial charge on any atom is 0.521 e. The highest BCUT2D eigenvalue weighted by atomic mass is 16.7. The van der Waals surface area contributed by atoms with Gasteiger partial charge >= 0.3 is 18.3 Å². The number of hydrogen-bond donors (Lipinski definition) is 2. The number of benzene rings is 2. The number of carbonyl (C=O) groups is 3. The van der Waals surface area contributed by atoms with E-state index in [-0.39, 0.29) is 5.56 Å². The summed E-state index contributed by atoms with van der Waals surface area (Å²) in [6.07, 6.45) is -2.92. The van der Waals surface area contributed by atoms with Gasteiger partial charge in [0.05, 0.1) is 6.61 Å². The topological polar surface area (TPSA) is 119 Å². The first-order valence-corrected chi connectivity index (χ1v) is 7.06. The fourth-order valence-corrected chi connectivity index (χ4v) is 1.65. The number of carboxylic acid groups (broad SMARTS) is 2. The first kappa shape index (κ1) is 19.5. The SMILES string of the molecule is CCOc1ccccc1C(=O)OC(=O)Oc1ccccc1.O=C(O)O. The molecule has 132 valence electrons. The van der Waals surface area contributed by atoms with Crippen LogP contribution in [-0.4, -0.2) is 35.1 Å². The Morgan fingerprint density at radius 3 is 2.08 bits per heavy atom. The quantitative estimate of drug-likeness (QED) is 0.488. The molecule has 2 aromatic rings. The summed E-state index contributed by atoms with van der Waals surface area (Å²) in [5, 5.41) is 13.9. The zero-order valence-corrected chi connectivity index (χ0v) is 13.2. The van der Waals surface area contributed by atoms with Crippen LogP contribution in [0.5, 0.6) is 11.5 Å². The third-order valence-electron chi connectivity index (χ3n) is 2.53. The van der Waals surface area contributed by atoms with E-state index in [1.807, 2.05) is 0 Å². The van der Waals surface area contributed by atoms with E-state index in [0.717, 1.165) is 0 Å². The first-order chi connectivity index (χ1) is 11.9. The zero-order valence-electron chi connectivity index (χ0n) is 13.2. The van der Waals surface area contributed by atoms with Crippen LogP contribution in [0.15, 0.2) is 54.6 Å². The summed E-state index contributed by atoms with van der Waals surface area (Å²) < 4.78 is 14.8. The third kappa shape index (κ3) is 7.51. The van der Waals surface area contributed by atoms with Gasteiger partial charge in [-0.25, -0.2) is 14.4 Å². The number of ether oxygens (including phenoxy) is 3. The number of carbonyl (C=O) groups excluding carboxylic acids is 2. The smallest absolute Gasteiger partial charge is 0.493 e. The summed E-state index contributed by atoms with van der Waals surface area (Å²) in [5.41, 5.74) is 0.171. The van der Waals surface area contributed by atoms with Gasteiger partial charge in [-0.05, 0) is 31.2 Å². The average Bonchev–Trinajstić information content (AvgIpc) is 2.56. The molecule has 0 saturated heterocycles. The maximum absolute atomic E-state index is 11.9. The summed E-state index contributed by atoms with van der Waals surface area (Å²) in [6, 6.07) is 14.9. The van der Waals surface area contributed by atoms with Crippen LogP contribution in [0.4, 0.5) is 9.59 Å². The van der Waals surface area contributed by atoms with E-state index in [1.54, 1.807) is 55.5 Å². The van der Waals surface area contributed by atoms with Gasteiger partial charge in [-0.15, -0.1) is 0 Å². The third-order valence-corrected chi connectivity index (χ3v) is 2.53. The summed E-state index contributed by atoms with van der Waals surface area (Å²) >= 11 is 0. The highest BCUT2D eigenvalue weighted by molar-refractivity contribution is 5.97. The van der Waals surface area contributed by atoms with Crippen LogP contribution in [0.3, 0.4) is 0 Å². The van der Waals surface area contributed by atoms with Crippen LogP contribution in [0.25, 0.3) is 0 Å². The number of para-hydroxylation sites is 2. The summed E-state index contributed by atoms with van der Waals surface area (Å²) in [5.74, 6) is -0.161. The van der Waals surface area contributed by atoms with Crippen LogP contribution in [0.1, 0.15) is 17.3 Å². The molecule has 0 aromatic heterocycles. The van der Waals surface area contributed by atoms with Crippen molar-refractivity contribution in [3.63, 3.8) is 0 Å². The van der Waals surface area contributed by atoms with E-state index < -0.39 is 18.3 Å². The summed E-state index contributed by atoms with van der Waals surface area (Å²) in [4.78, 5) is 32.1. The lowest BCUT2D eigenvalue weighted by atomic mass is 10.2. The second kappa shape index (κ2) is 10.3. The van der Waals surface area contributed by atoms with Gasteiger partial charge in [0, 0.05) is 0 Å². The largest absolute Gasteiger partial charge is 0.521 e. The minimum absolute atomic E-state index is 0.171. The molecular formula is C17H16O8. The van der Waals surface area contributed by atoms with Crippen molar-refractivity contribution in [1.82, 2.24) is 0 Å². The fraction of sp³-hybridized carbons (Fsp3) is 0.118. The lowest BCUT2D eigenvalue weighted by molar-refractivity contribution is 0.0525. The Balaban J connectivity index is 0.000000705. The molecule has 0 bridgehead atoms. The Morgan fingerprint density at radius 1 is 0.920 bits per heavy atom. The van der Waals surface area contributed by atoms with Crippen molar-refractivity contribution >= 4 is 18.3 Å². The van der Waals surface area contributed by atoms with Gasteiger partial charge in [-0.1, -0.05) is 30.3 Å². The molecule has 0 spiro atoms. The van der Waals surface area contributed by atoms with Gasteiger partial charge in [-0.3, -0.25) is 0 Å². The predicted octanol–water partition coefficient (Wildman–Crippen LogP) is 3.66. The standard InChI is InChI=1S/C16H14O5.CH2O3/c1-2-19-14-11-7-6-10-13(14)15(17)21-16(18)20-12-8-4-3-5-9-12;2-1(3)4/h3-11H,2H2,1H3;(H2,2,3,4). The number of rotatable bonds is 4. The molecule has 8 heteroatoms. The van der Waals surface area contributed by atoms with Crippen LogP contribution in [-0.2, 0) is 4.74 Å². The molecule has 0 aliphatic carbocycles. The van der Waals surface area contributed by atoms with Gasteiger partial charge in [0.2, 0.25) is 0 Å². The number of esters is 1. The molecule has 25 heavy (non-hydrogen) atoms. The monoisotopic (exact) mass is 348 g/mol. The normalized spacial score (nSPS) is 9.16. The van der Waals surface area contributed by atoms with Crippen molar-refractivity contribution in [2.45, 2.75) is 6.92 Å². The lowest BCUT2D eigenvalue weighted by Crippen LogP contribution is -2.17. The van der Waals surface area contributed by atoms with Crippen molar-refractivity contribution in [3.05, 3.63) is 60.2 Å². The minimum Gasteiger partial charge on any atom is -0.493 e. The molecule has 2 rings (SSSR count). The highest BCUT2D eigenvalue weighted by Crippen LogP contribution is 2.19. The predicted molar refractivity (Wildman–Crippen MR) is 86.1 cm³/mol. The average molecular weight is 348 g/mol. The fourth-order valence-electron chi connectivity index (χ4n) is 1.65. The van der Waals surface area contributed by atoms with Crippen molar-refractivity contribution in [2.75, 3.05) is 6.61 Å². The Bertz CT molecular complexity index is 708. The molecule has 8 nitrogen and oxygen atoms in total. The Hall–Kier alpha value is -3.55. The van der Waals surface area contributed by atoms with Gasteiger partial charge in [0.1, 0.15) is 17.1 Å². The first-order valence-electron chi connectivity index (χ1n) is 7.06. The summed E-state index contributed by atoms with van der Waals surface area (Å²) in [7, 11) is 0. The molecule has 0 saturated carbocycles. The van der Waals surface area contributed by atoms with Crippen LogP contribution in [0.2, 0.25) is 0 Å². The molecule has 0 atom stereocenters. The lowest BCUT2D eigenvalue weighted by Gasteiger charge is -2.08. The van der Waals surface area contributed by atoms with Gasteiger partial charge in [-0.2, -0.15) is 0 Å². The Morgan fingerprint density at radius 2 is 1.48 bits per heavy atom.